The molecule has 3 rings (SSSR count). The van der Waals surface area contributed by atoms with Crippen LogP contribution in [0, 0.1) is 12.3 Å². The molecule has 20 heavy (non-hydrogen) atoms. The standard InChI is InChI=1S/C18H17NO/c1-3-8-13(2)19-18-14-9-4-6-11-16(14)20-17-12-7-5-10-15(17)18/h1,4-7,9-13,18-19H,8H2,2H3. The predicted octanol–water partition coefficient (Wildman–Crippen LogP) is 3.88. The lowest BCUT2D eigenvalue weighted by Gasteiger charge is -2.30. The van der Waals surface area contributed by atoms with E-state index >= 15 is 0 Å². The van der Waals surface area contributed by atoms with Crippen LogP contribution in [0.15, 0.2) is 48.5 Å². The van der Waals surface area contributed by atoms with E-state index in [0.29, 0.717) is 6.42 Å². The van der Waals surface area contributed by atoms with Crippen LogP contribution < -0.4 is 10.1 Å². The fourth-order valence-corrected chi connectivity index (χ4v) is 2.61. The zero-order valence-corrected chi connectivity index (χ0v) is 11.5. The molecule has 1 aliphatic heterocycles. The summed E-state index contributed by atoms with van der Waals surface area (Å²) < 4.78 is 5.97. The third-order valence-electron chi connectivity index (χ3n) is 3.56. The Morgan fingerprint density at radius 3 is 2.20 bits per heavy atom. The van der Waals surface area contributed by atoms with Gasteiger partial charge in [0, 0.05) is 23.6 Å². The van der Waals surface area contributed by atoms with E-state index in [1.807, 2.05) is 36.4 Å². The molecule has 0 fully saturated rings. The lowest BCUT2D eigenvalue weighted by atomic mass is 9.94. The normalized spacial score (nSPS) is 14.6. The Morgan fingerprint density at radius 2 is 1.65 bits per heavy atom. The Morgan fingerprint density at radius 1 is 1.10 bits per heavy atom. The van der Waals surface area contributed by atoms with Crippen molar-refractivity contribution < 1.29 is 4.74 Å². The number of para-hydroxylation sites is 2. The number of fused-ring (bicyclic) bond motifs is 2. The van der Waals surface area contributed by atoms with Gasteiger partial charge in [-0.15, -0.1) is 12.3 Å². The average Bonchev–Trinajstić information content (AvgIpc) is 2.47. The second kappa shape index (κ2) is 5.40. The summed E-state index contributed by atoms with van der Waals surface area (Å²) >= 11 is 0. The lowest BCUT2D eigenvalue weighted by Crippen LogP contribution is -2.32. The molecule has 0 amide bonds. The molecule has 2 aromatic carbocycles. The highest BCUT2D eigenvalue weighted by atomic mass is 16.5. The van der Waals surface area contributed by atoms with E-state index in [1.165, 1.54) is 0 Å². The van der Waals surface area contributed by atoms with Crippen LogP contribution in [-0.4, -0.2) is 6.04 Å². The Kier molecular flexibility index (Phi) is 3.45. The molecule has 1 N–H and O–H groups in total. The molecule has 2 nitrogen and oxygen atoms in total. The van der Waals surface area contributed by atoms with Crippen molar-refractivity contribution >= 4 is 0 Å². The predicted molar refractivity (Wildman–Crippen MR) is 80.8 cm³/mol. The van der Waals surface area contributed by atoms with Crippen molar-refractivity contribution in [1.82, 2.24) is 5.32 Å². The van der Waals surface area contributed by atoms with Gasteiger partial charge in [-0.3, -0.25) is 0 Å². The van der Waals surface area contributed by atoms with Crippen LogP contribution in [0.3, 0.4) is 0 Å². The summed E-state index contributed by atoms with van der Waals surface area (Å²) in [5.74, 6) is 4.54. The van der Waals surface area contributed by atoms with Gasteiger partial charge in [0.2, 0.25) is 0 Å². The van der Waals surface area contributed by atoms with Crippen LogP contribution in [0.4, 0.5) is 0 Å². The number of benzene rings is 2. The highest BCUT2D eigenvalue weighted by Crippen LogP contribution is 2.42. The summed E-state index contributed by atoms with van der Waals surface area (Å²) in [6, 6.07) is 16.7. The van der Waals surface area contributed by atoms with E-state index in [-0.39, 0.29) is 12.1 Å². The van der Waals surface area contributed by atoms with Crippen molar-refractivity contribution in [3.05, 3.63) is 59.7 Å². The van der Waals surface area contributed by atoms with Gasteiger partial charge < -0.3 is 10.1 Å². The van der Waals surface area contributed by atoms with Gasteiger partial charge in [-0.25, -0.2) is 0 Å². The molecule has 0 saturated carbocycles. The van der Waals surface area contributed by atoms with Crippen LogP contribution in [0.25, 0.3) is 0 Å². The molecule has 2 heteroatoms. The minimum Gasteiger partial charge on any atom is -0.457 e. The molecular formula is C18H17NO. The van der Waals surface area contributed by atoms with Crippen molar-refractivity contribution in [3.63, 3.8) is 0 Å². The fraction of sp³-hybridized carbons (Fsp3) is 0.222. The van der Waals surface area contributed by atoms with Crippen molar-refractivity contribution in [1.29, 1.82) is 0 Å². The van der Waals surface area contributed by atoms with E-state index in [0.717, 1.165) is 22.6 Å². The monoisotopic (exact) mass is 263 g/mol. The third kappa shape index (κ3) is 2.29. The average molecular weight is 263 g/mol. The summed E-state index contributed by atoms with van der Waals surface area (Å²) in [5, 5.41) is 3.61. The summed E-state index contributed by atoms with van der Waals surface area (Å²) in [5.41, 5.74) is 2.32. The maximum Gasteiger partial charge on any atom is 0.132 e. The summed E-state index contributed by atoms with van der Waals surface area (Å²) in [6.45, 7) is 2.11. The Labute approximate surface area is 119 Å². The molecule has 0 aliphatic carbocycles. The molecule has 0 bridgehead atoms. The number of rotatable bonds is 3. The van der Waals surface area contributed by atoms with Crippen LogP contribution in [-0.2, 0) is 0 Å². The highest BCUT2D eigenvalue weighted by Gasteiger charge is 2.27. The van der Waals surface area contributed by atoms with Gasteiger partial charge in [0.15, 0.2) is 0 Å². The quantitative estimate of drug-likeness (QED) is 0.848. The first-order chi connectivity index (χ1) is 9.79. The SMILES string of the molecule is C#CCC(C)NC1c2ccccc2Oc2ccccc21. The third-order valence-corrected chi connectivity index (χ3v) is 3.56. The molecule has 1 atom stereocenters. The van der Waals surface area contributed by atoms with Crippen molar-refractivity contribution in [2.75, 3.05) is 0 Å². The number of hydrogen-bond donors (Lipinski definition) is 1. The van der Waals surface area contributed by atoms with E-state index in [9.17, 15) is 0 Å². The van der Waals surface area contributed by atoms with Crippen molar-refractivity contribution in [2.24, 2.45) is 0 Å². The molecule has 2 aromatic rings. The van der Waals surface area contributed by atoms with Crippen molar-refractivity contribution in [2.45, 2.75) is 25.4 Å². The van der Waals surface area contributed by atoms with E-state index in [1.54, 1.807) is 0 Å². The molecule has 1 unspecified atom stereocenters. The first-order valence-corrected chi connectivity index (χ1v) is 6.85. The molecule has 0 saturated heterocycles. The Balaban J connectivity index is 2.01. The highest BCUT2D eigenvalue weighted by molar-refractivity contribution is 5.52. The molecule has 0 spiro atoms. The molecule has 0 radical (unpaired) electrons. The molecule has 1 heterocycles. The number of ether oxygens (including phenoxy) is 1. The van der Waals surface area contributed by atoms with Gasteiger partial charge in [0.05, 0.1) is 6.04 Å². The Hall–Kier alpha value is -2.24. The molecule has 1 aliphatic rings. The maximum absolute atomic E-state index is 5.97. The zero-order chi connectivity index (χ0) is 13.9. The van der Waals surface area contributed by atoms with Crippen LogP contribution >= 0.6 is 0 Å². The van der Waals surface area contributed by atoms with Gasteiger partial charge in [0.25, 0.3) is 0 Å². The van der Waals surface area contributed by atoms with Crippen molar-refractivity contribution in [3.8, 4) is 23.8 Å². The first kappa shape index (κ1) is 12.8. The van der Waals surface area contributed by atoms with E-state index in [2.05, 4.69) is 30.3 Å². The van der Waals surface area contributed by atoms with Crippen LogP contribution in [0.2, 0.25) is 0 Å². The van der Waals surface area contributed by atoms with E-state index < -0.39 is 0 Å². The second-order valence-electron chi connectivity index (χ2n) is 5.09. The largest absolute Gasteiger partial charge is 0.457 e. The number of nitrogens with one attached hydrogen (secondary N) is 1. The lowest BCUT2D eigenvalue weighted by molar-refractivity contribution is 0.411. The Bertz CT molecular complexity index is 611. The van der Waals surface area contributed by atoms with Crippen LogP contribution in [0.5, 0.6) is 11.5 Å². The zero-order valence-electron chi connectivity index (χ0n) is 11.5. The fourth-order valence-electron chi connectivity index (χ4n) is 2.61. The van der Waals surface area contributed by atoms with Gasteiger partial charge in [0.1, 0.15) is 11.5 Å². The minimum atomic E-state index is 0.125. The number of hydrogen-bond acceptors (Lipinski definition) is 2. The smallest absolute Gasteiger partial charge is 0.132 e. The summed E-state index contributed by atoms with van der Waals surface area (Å²) in [7, 11) is 0. The molecular weight excluding hydrogens is 246 g/mol. The molecule has 0 aromatic heterocycles. The number of terminal acetylenes is 1. The maximum atomic E-state index is 5.97. The summed E-state index contributed by atoms with van der Waals surface area (Å²) in [4.78, 5) is 0. The molecule has 100 valence electrons. The van der Waals surface area contributed by atoms with Gasteiger partial charge in [-0.2, -0.15) is 0 Å². The summed E-state index contributed by atoms with van der Waals surface area (Å²) in [6.07, 6.45) is 6.12. The van der Waals surface area contributed by atoms with E-state index in [4.69, 9.17) is 11.2 Å². The van der Waals surface area contributed by atoms with Crippen LogP contribution in [0.1, 0.15) is 30.5 Å². The topological polar surface area (TPSA) is 21.3 Å². The van der Waals surface area contributed by atoms with Gasteiger partial charge >= 0.3 is 0 Å². The van der Waals surface area contributed by atoms with Gasteiger partial charge in [-0.1, -0.05) is 36.4 Å². The second-order valence-corrected chi connectivity index (χ2v) is 5.09. The van der Waals surface area contributed by atoms with Gasteiger partial charge in [-0.05, 0) is 19.1 Å². The first-order valence-electron chi connectivity index (χ1n) is 6.85. The minimum absolute atomic E-state index is 0.125.